The summed E-state index contributed by atoms with van der Waals surface area (Å²) in [7, 11) is 0. The third-order valence-electron chi connectivity index (χ3n) is 4.17. The van der Waals surface area contributed by atoms with E-state index in [1.165, 1.54) is 25.8 Å². The van der Waals surface area contributed by atoms with Crippen LogP contribution >= 0.6 is 0 Å². The van der Waals surface area contributed by atoms with E-state index in [4.69, 9.17) is 9.47 Å². The highest BCUT2D eigenvalue weighted by Crippen LogP contribution is 2.39. The summed E-state index contributed by atoms with van der Waals surface area (Å²) in [4.78, 5) is 2.52. The summed E-state index contributed by atoms with van der Waals surface area (Å²) in [6.45, 7) is 6.45. The van der Waals surface area contributed by atoms with Crippen LogP contribution in [0.1, 0.15) is 32.1 Å². The maximum atomic E-state index is 6.17. The molecule has 17 heavy (non-hydrogen) atoms. The van der Waals surface area contributed by atoms with Crippen molar-refractivity contribution in [2.24, 2.45) is 0 Å². The Bertz CT molecular complexity index is 246. The summed E-state index contributed by atoms with van der Waals surface area (Å²) < 4.78 is 12.1. The van der Waals surface area contributed by atoms with Crippen molar-refractivity contribution < 1.29 is 9.47 Å². The Morgan fingerprint density at radius 3 is 2.88 bits per heavy atom. The highest BCUT2D eigenvalue weighted by Gasteiger charge is 2.43. The molecule has 1 N–H and O–H groups in total. The zero-order valence-corrected chi connectivity index (χ0v) is 10.6. The van der Waals surface area contributed by atoms with E-state index < -0.39 is 0 Å². The molecule has 2 aliphatic heterocycles. The topological polar surface area (TPSA) is 33.7 Å². The van der Waals surface area contributed by atoms with Gasteiger partial charge in [-0.2, -0.15) is 0 Å². The molecule has 1 unspecified atom stereocenters. The van der Waals surface area contributed by atoms with Crippen LogP contribution in [-0.2, 0) is 9.47 Å². The van der Waals surface area contributed by atoms with Gasteiger partial charge < -0.3 is 14.8 Å². The Morgan fingerprint density at radius 2 is 2.00 bits per heavy atom. The van der Waals surface area contributed by atoms with Crippen LogP contribution in [0, 0.1) is 0 Å². The van der Waals surface area contributed by atoms with Crippen LogP contribution in [0.25, 0.3) is 0 Å². The average Bonchev–Trinajstić information content (AvgIpc) is 2.86. The second kappa shape index (κ2) is 5.22. The second-order valence-electron chi connectivity index (χ2n) is 5.57. The molecule has 1 aliphatic carbocycles. The number of rotatable bonds is 2. The van der Waals surface area contributed by atoms with E-state index in [1.54, 1.807) is 0 Å². The maximum Gasteiger partial charge on any atom is 0.168 e. The normalized spacial score (nSPS) is 34.2. The first-order valence-corrected chi connectivity index (χ1v) is 7.11. The molecule has 1 atom stereocenters. The standard InChI is InChI=1S/C13H24N2O2/c1-2-5-13(4-1)16-11-12(17-13)10-15-8-3-6-14-7-9-15/h12,14H,1-11H2. The predicted molar refractivity (Wildman–Crippen MR) is 66.0 cm³/mol. The van der Waals surface area contributed by atoms with Crippen molar-refractivity contribution in [2.45, 2.75) is 44.0 Å². The van der Waals surface area contributed by atoms with Crippen LogP contribution in [0.3, 0.4) is 0 Å². The lowest BCUT2D eigenvalue weighted by atomic mass is 10.2. The van der Waals surface area contributed by atoms with E-state index in [1.807, 2.05) is 0 Å². The molecule has 2 heterocycles. The van der Waals surface area contributed by atoms with Crippen molar-refractivity contribution in [3.63, 3.8) is 0 Å². The number of hydrogen-bond acceptors (Lipinski definition) is 4. The summed E-state index contributed by atoms with van der Waals surface area (Å²) in [5, 5.41) is 3.44. The average molecular weight is 240 g/mol. The van der Waals surface area contributed by atoms with Crippen LogP contribution in [-0.4, -0.2) is 56.1 Å². The zero-order valence-electron chi connectivity index (χ0n) is 10.6. The number of nitrogens with zero attached hydrogens (tertiary/aromatic N) is 1. The summed E-state index contributed by atoms with van der Waals surface area (Å²) in [5.41, 5.74) is 0. The van der Waals surface area contributed by atoms with Crippen molar-refractivity contribution in [3.05, 3.63) is 0 Å². The van der Waals surface area contributed by atoms with Gasteiger partial charge in [-0.3, -0.25) is 4.90 Å². The molecule has 0 aromatic carbocycles. The molecular weight excluding hydrogens is 216 g/mol. The van der Waals surface area contributed by atoms with Gasteiger partial charge >= 0.3 is 0 Å². The highest BCUT2D eigenvalue weighted by atomic mass is 16.7. The summed E-state index contributed by atoms with van der Waals surface area (Å²) in [6.07, 6.45) is 6.28. The van der Waals surface area contributed by atoms with Crippen LogP contribution in [0.4, 0.5) is 0 Å². The number of hydrogen-bond donors (Lipinski definition) is 1. The third kappa shape index (κ3) is 2.81. The molecule has 1 saturated carbocycles. The van der Waals surface area contributed by atoms with Gasteiger partial charge in [0.1, 0.15) is 0 Å². The van der Waals surface area contributed by atoms with E-state index in [9.17, 15) is 0 Å². The Balaban J connectivity index is 1.49. The Hall–Kier alpha value is -0.160. The monoisotopic (exact) mass is 240 g/mol. The van der Waals surface area contributed by atoms with E-state index >= 15 is 0 Å². The molecule has 1 spiro atoms. The fraction of sp³-hybridized carbons (Fsp3) is 1.00. The predicted octanol–water partition coefficient (Wildman–Crippen LogP) is 0.967. The minimum atomic E-state index is -0.186. The lowest BCUT2D eigenvalue weighted by molar-refractivity contribution is -0.163. The molecule has 0 amide bonds. The number of ether oxygens (including phenoxy) is 2. The highest BCUT2D eigenvalue weighted by molar-refractivity contribution is 4.85. The van der Waals surface area contributed by atoms with Gasteiger partial charge in [0.2, 0.25) is 0 Å². The quantitative estimate of drug-likeness (QED) is 0.780. The Labute approximate surface area is 104 Å². The van der Waals surface area contributed by atoms with Gasteiger partial charge in [0.05, 0.1) is 12.7 Å². The SMILES string of the molecule is C1CNCCN(CC2COC3(CCCC3)O2)C1. The lowest BCUT2D eigenvalue weighted by Crippen LogP contribution is -2.37. The van der Waals surface area contributed by atoms with Crippen molar-refractivity contribution in [2.75, 3.05) is 39.3 Å². The van der Waals surface area contributed by atoms with Crippen LogP contribution < -0.4 is 5.32 Å². The molecule has 4 heteroatoms. The summed E-state index contributed by atoms with van der Waals surface area (Å²) in [5.74, 6) is -0.186. The van der Waals surface area contributed by atoms with Gasteiger partial charge in [0.15, 0.2) is 5.79 Å². The van der Waals surface area contributed by atoms with Crippen molar-refractivity contribution in [1.29, 1.82) is 0 Å². The van der Waals surface area contributed by atoms with Crippen LogP contribution in [0.15, 0.2) is 0 Å². The van der Waals surface area contributed by atoms with Gasteiger partial charge in [-0.05, 0) is 32.4 Å². The molecule has 0 bridgehead atoms. The van der Waals surface area contributed by atoms with E-state index in [2.05, 4.69) is 10.2 Å². The van der Waals surface area contributed by atoms with Crippen molar-refractivity contribution in [1.82, 2.24) is 10.2 Å². The maximum absolute atomic E-state index is 6.17. The van der Waals surface area contributed by atoms with Gasteiger partial charge in [-0.1, -0.05) is 0 Å². The van der Waals surface area contributed by atoms with E-state index in [-0.39, 0.29) is 5.79 Å². The number of nitrogens with one attached hydrogen (secondary N) is 1. The summed E-state index contributed by atoms with van der Waals surface area (Å²) >= 11 is 0. The Kier molecular flexibility index (Phi) is 3.66. The molecule has 2 saturated heterocycles. The van der Waals surface area contributed by atoms with Gasteiger partial charge in [0.25, 0.3) is 0 Å². The zero-order chi connectivity index (χ0) is 11.6. The van der Waals surface area contributed by atoms with Crippen molar-refractivity contribution >= 4 is 0 Å². The minimum Gasteiger partial charge on any atom is -0.347 e. The molecule has 4 nitrogen and oxygen atoms in total. The van der Waals surface area contributed by atoms with Crippen LogP contribution in [0.5, 0.6) is 0 Å². The molecule has 0 aromatic rings. The summed E-state index contributed by atoms with van der Waals surface area (Å²) in [6, 6.07) is 0. The molecule has 98 valence electrons. The van der Waals surface area contributed by atoms with Gasteiger partial charge in [0, 0.05) is 32.5 Å². The fourth-order valence-electron chi connectivity index (χ4n) is 3.25. The second-order valence-corrected chi connectivity index (χ2v) is 5.57. The fourth-order valence-corrected chi connectivity index (χ4v) is 3.25. The van der Waals surface area contributed by atoms with Crippen LogP contribution in [0.2, 0.25) is 0 Å². The lowest BCUT2D eigenvalue weighted by Gasteiger charge is -2.25. The molecular formula is C13H24N2O2. The molecule has 3 fully saturated rings. The Morgan fingerprint density at radius 1 is 1.12 bits per heavy atom. The largest absolute Gasteiger partial charge is 0.347 e. The van der Waals surface area contributed by atoms with Gasteiger partial charge in [-0.25, -0.2) is 0 Å². The molecule has 0 aromatic heterocycles. The van der Waals surface area contributed by atoms with Crippen molar-refractivity contribution in [3.8, 4) is 0 Å². The van der Waals surface area contributed by atoms with E-state index in [0.29, 0.717) is 6.10 Å². The molecule has 3 aliphatic rings. The minimum absolute atomic E-state index is 0.186. The first-order valence-electron chi connectivity index (χ1n) is 7.11. The third-order valence-corrected chi connectivity index (χ3v) is 4.17. The first-order chi connectivity index (χ1) is 8.36. The molecule has 3 rings (SSSR count). The smallest absolute Gasteiger partial charge is 0.168 e. The van der Waals surface area contributed by atoms with Gasteiger partial charge in [-0.15, -0.1) is 0 Å². The first kappa shape index (κ1) is 11.9. The van der Waals surface area contributed by atoms with E-state index in [0.717, 1.165) is 45.6 Å². The molecule has 0 radical (unpaired) electrons.